The molecular weight excluding hydrogens is 515 g/mol. The van der Waals surface area contributed by atoms with Crippen molar-refractivity contribution in [2.45, 2.75) is 109 Å². The Morgan fingerprint density at radius 2 is 1.79 bits per heavy atom. The fourth-order valence-electron chi connectivity index (χ4n) is 6.93. The van der Waals surface area contributed by atoms with E-state index in [9.17, 15) is 14.0 Å². The van der Waals surface area contributed by atoms with Gasteiger partial charge in [-0.1, -0.05) is 43.0 Å². The summed E-state index contributed by atoms with van der Waals surface area (Å²) in [7, 11) is 0. The number of halogens is 2. The van der Waals surface area contributed by atoms with E-state index in [4.69, 9.17) is 11.6 Å². The van der Waals surface area contributed by atoms with Crippen molar-refractivity contribution in [2.75, 3.05) is 26.2 Å². The van der Waals surface area contributed by atoms with Crippen molar-refractivity contribution >= 4 is 23.4 Å². The van der Waals surface area contributed by atoms with E-state index < -0.39 is 12.2 Å². The maximum absolute atomic E-state index is 13.9. The van der Waals surface area contributed by atoms with Gasteiger partial charge < -0.3 is 20.9 Å². The molecule has 0 unspecified atom stereocenters. The molecule has 2 amide bonds. The van der Waals surface area contributed by atoms with Crippen molar-refractivity contribution in [3.63, 3.8) is 0 Å². The predicted octanol–water partition coefficient (Wildman–Crippen LogP) is 5.03. The summed E-state index contributed by atoms with van der Waals surface area (Å²) in [6, 6.07) is 7.28. The van der Waals surface area contributed by atoms with Crippen LogP contribution in [0.5, 0.6) is 0 Å². The van der Waals surface area contributed by atoms with Gasteiger partial charge in [0, 0.05) is 49.2 Å². The molecule has 3 aliphatic rings. The monoisotopic (exact) mass is 562 g/mol. The number of hydrogen-bond acceptors (Lipinski definition) is 4. The first-order valence-corrected chi connectivity index (χ1v) is 15.4. The van der Waals surface area contributed by atoms with Crippen LogP contribution in [-0.4, -0.2) is 66.7 Å². The number of carbonyl (C=O) groups is 2. The van der Waals surface area contributed by atoms with Crippen molar-refractivity contribution < 1.29 is 14.0 Å². The molecule has 39 heavy (non-hydrogen) atoms. The Labute approximate surface area is 239 Å². The fourth-order valence-corrected chi connectivity index (χ4v) is 7.06. The molecule has 0 bridgehead atoms. The minimum Gasteiger partial charge on any atom is -0.351 e. The van der Waals surface area contributed by atoms with Crippen molar-refractivity contribution in [1.29, 1.82) is 0 Å². The number of amides is 2. The highest BCUT2D eigenvalue weighted by molar-refractivity contribution is 6.30. The average molecular weight is 563 g/mol. The van der Waals surface area contributed by atoms with Gasteiger partial charge in [-0.25, -0.2) is 4.39 Å². The molecule has 1 aliphatic carbocycles. The first-order chi connectivity index (χ1) is 18.5. The lowest BCUT2D eigenvalue weighted by atomic mass is 9.62. The molecule has 218 valence electrons. The number of benzene rings is 1. The lowest BCUT2D eigenvalue weighted by molar-refractivity contribution is -0.138. The molecule has 0 spiro atoms. The summed E-state index contributed by atoms with van der Waals surface area (Å²) in [6.45, 7) is 8.36. The topological polar surface area (TPSA) is 73.5 Å². The smallest absolute Gasteiger partial charge is 0.240 e. The van der Waals surface area contributed by atoms with Crippen LogP contribution >= 0.6 is 11.6 Å². The molecule has 2 saturated heterocycles. The van der Waals surface area contributed by atoms with Gasteiger partial charge in [0.05, 0.1) is 6.04 Å². The van der Waals surface area contributed by atoms with E-state index in [1.807, 2.05) is 49.9 Å². The first-order valence-electron chi connectivity index (χ1n) is 15.0. The summed E-state index contributed by atoms with van der Waals surface area (Å²) in [5, 5.41) is 10.5. The molecule has 1 saturated carbocycles. The van der Waals surface area contributed by atoms with E-state index in [1.165, 1.54) is 32.1 Å². The Balaban J connectivity index is 1.44. The van der Waals surface area contributed by atoms with Crippen LogP contribution in [0.25, 0.3) is 0 Å². The van der Waals surface area contributed by atoms with Gasteiger partial charge in [-0.15, -0.1) is 0 Å². The van der Waals surface area contributed by atoms with Gasteiger partial charge in [0.25, 0.3) is 0 Å². The second-order valence-corrected chi connectivity index (χ2v) is 13.7. The molecule has 3 N–H and O–H groups in total. The number of alkyl halides is 1. The molecule has 3 atom stereocenters. The Morgan fingerprint density at radius 3 is 2.38 bits per heavy atom. The first kappa shape index (κ1) is 30.3. The van der Waals surface area contributed by atoms with Crippen LogP contribution in [0.2, 0.25) is 5.02 Å². The molecule has 1 aromatic rings. The summed E-state index contributed by atoms with van der Waals surface area (Å²) in [5.41, 5.74) is 0.744. The van der Waals surface area contributed by atoms with Crippen molar-refractivity contribution in [2.24, 2.45) is 11.3 Å². The molecular formula is C31H48ClFN4O2. The molecule has 6 nitrogen and oxygen atoms in total. The zero-order valence-electron chi connectivity index (χ0n) is 24.0. The number of likely N-dealkylation sites (tertiary alicyclic amines) is 1. The van der Waals surface area contributed by atoms with Gasteiger partial charge in [-0.05, 0) is 88.3 Å². The number of nitrogens with zero attached hydrogens (tertiary/aromatic N) is 1. The summed E-state index contributed by atoms with van der Waals surface area (Å²) in [6.07, 6.45) is 8.58. The van der Waals surface area contributed by atoms with Gasteiger partial charge in [0.2, 0.25) is 11.8 Å². The number of carbonyl (C=O) groups excluding carboxylic acids is 2. The maximum Gasteiger partial charge on any atom is 0.240 e. The van der Waals surface area contributed by atoms with Crippen molar-refractivity contribution in [1.82, 2.24) is 20.9 Å². The molecule has 1 aromatic carbocycles. The molecule has 2 aliphatic heterocycles. The molecule has 8 heteroatoms. The molecule has 3 fully saturated rings. The highest BCUT2D eigenvalue weighted by Gasteiger charge is 2.44. The lowest BCUT2D eigenvalue weighted by Crippen LogP contribution is -2.55. The third-order valence-corrected chi connectivity index (χ3v) is 9.25. The number of nitrogens with one attached hydrogen (secondary N) is 3. The summed E-state index contributed by atoms with van der Waals surface area (Å²) in [4.78, 5) is 29.0. The average Bonchev–Trinajstić information content (AvgIpc) is 3.32. The Bertz CT molecular complexity index is 952. The van der Waals surface area contributed by atoms with E-state index in [0.29, 0.717) is 56.4 Å². The number of hydrogen-bond donors (Lipinski definition) is 3. The molecule has 0 aromatic heterocycles. The summed E-state index contributed by atoms with van der Waals surface area (Å²) in [5.74, 6) is 0.765. The van der Waals surface area contributed by atoms with E-state index >= 15 is 0 Å². The Kier molecular flexibility index (Phi) is 10.3. The standard InChI is InChI=1S/C31H48ClFN4O2/c1-30(2,3)36-28(38)19-31(23-7-5-4-6-8-23)13-15-37(16-14-31)29(39)27(17-22-9-11-24(32)12-10-22)35-21-26-18-25(33)20-34-26/h9-12,23,25-27,34-35H,4-8,13-21H2,1-3H3,(H,36,38)/t25-,26+,27+/m0/s1. The lowest BCUT2D eigenvalue weighted by Gasteiger charge is -2.48. The van der Waals surface area contributed by atoms with Gasteiger partial charge in [-0.3, -0.25) is 9.59 Å². The molecule has 0 radical (unpaired) electrons. The van der Waals surface area contributed by atoms with Crippen LogP contribution in [0.15, 0.2) is 24.3 Å². The number of rotatable bonds is 9. The van der Waals surface area contributed by atoms with Crippen LogP contribution in [-0.2, 0) is 16.0 Å². The van der Waals surface area contributed by atoms with Crippen molar-refractivity contribution in [3.8, 4) is 0 Å². The van der Waals surface area contributed by atoms with Gasteiger partial charge in [-0.2, -0.15) is 0 Å². The second-order valence-electron chi connectivity index (χ2n) is 13.2. The summed E-state index contributed by atoms with van der Waals surface area (Å²) >= 11 is 6.09. The van der Waals surface area contributed by atoms with E-state index in [-0.39, 0.29) is 28.8 Å². The van der Waals surface area contributed by atoms with E-state index in [1.54, 1.807) is 0 Å². The minimum atomic E-state index is -0.826. The number of piperidine rings is 1. The van der Waals surface area contributed by atoms with Gasteiger partial charge in [0.15, 0.2) is 0 Å². The fraction of sp³-hybridized carbons (Fsp3) is 0.742. The Hall–Kier alpha value is -1.70. The third-order valence-electron chi connectivity index (χ3n) is 9.00. The van der Waals surface area contributed by atoms with Crippen LogP contribution < -0.4 is 16.0 Å². The normalized spacial score (nSPS) is 24.9. The van der Waals surface area contributed by atoms with Crippen LogP contribution in [0.1, 0.15) is 84.1 Å². The zero-order valence-corrected chi connectivity index (χ0v) is 24.8. The summed E-state index contributed by atoms with van der Waals surface area (Å²) < 4.78 is 13.7. The van der Waals surface area contributed by atoms with E-state index in [2.05, 4.69) is 16.0 Å². The molecule has 4 rings (SSSR count). The highest BCUT2D eigenvalue weighted by Crippen LogP contribution is 2.48. The van der Waals surface area contributed by atoms with Crippen LogP contribution in [0, 0.1) is 11.3 Å². The largest absolute Gasteiger partial charge is 0.351 e. The quantitative estimate of drug-likeness (QED) is 0.394. The van der Waals surface area contributed by atoms with Crippen LogP contribution in [0.3, 0.4) is 0 Å². The van der Waals surface area contributed by atoms with Crippen LogP contribution in [0.4, 0.5) is 4.39 Å². The van der Waals surface area contributed by atoms with E-state index in [0.717, 1.165) is 18.4 Å². The van der Waals surface area contributed by atoms with Gasteiger partial charge >= 0.3 is 0 Å². The second kappa shape index (κ2) is 13.3. The van der Waals surface area contributed by atoms with Gasteiger partial charge in [0.1, 0.15) is 6.17 Å². The zero-order chi connectivity index (χ0) is 28.0. The highest BCUT2D eigenvalue weighted by atomic mass is 35.5. The SMILES string of the molecule is CC(C)(C)NC(=O)CC1(C2CCCCC2)CCN(C(=O)[C@@H](Cc2ccc(Cl)cc2)NC[C@H]2C[C@H](F)CN2)CC1. The maximum atomic E-state index is 13.9. The predicted molar refractivity (Wildman–Crippen MR) is 156 cm³/mol. The Morgan fingerprint density at radius 1 is 1.13 bits per heavy atom. The minimum absolute atomic E-state index is 0.0298. The molecule has 2 heterocycles. The third kappa shape index (κ3) is 8.64. The van der Waals surface area contributed by atoms with Crippen molar-refractivity contribution in [3.05, 3.63) is 34.9 Å².